The molecular weight excluding hydrogens is 270 g/mol. The van der Waals surface area contributed by atoms with Crippen LogP contribution in [-0.2, 0) is 0 Å². The quantitative estimate of drug-likeness (QED) is 0.692. The number of hydrogen-bond acceptors (Lipinski definition) is 3. The summed E-state index contributed by atoms with van der Waals surface area (Å²) < 4.78 is 0. The van der Waals surface area contributed by atoms with Gasteiger partial charge in [-0.3, -0.25) is 4.98 Å². The zero-order chi connectivity index (χ0) is 15.4. The summed E-state index contributed by atoms with van der Waals surface area (Å²) >= 11 is 0. The molecule has 0 fully saturated rings. The molecule has 3 rings (SSSR count). The standard InChI is InChI=1S/C19H23N3/c1-3-22(4-2)13-12-20-18-14-15-8-5-6-9-16(15)17-10-7-11-21-19(17)18/h5-11,14,20H,3-4,12-13H2,1-2H3. The summed E-state index contributed by atoms with van der Waals surface area (Å²) in [5.41, 5.74) is 2.18. The summed E-state index contributed by atoms with van der Waals surface area (Å²) in [5.74, 6) is 0. The molecule has 2 aromatic carbocycles. The average Bonchev–Trinajstić information content (AvgIpc) is 2.59. The Hall–Kier alpha value is -2.13. The summed E-state index contributed by atoms with van der Waals surface area (Å²) in [6.07, 6.45) is 1.87. The summed E-state index contributed by atoms with van der Waals surface area (Å²) in [6.45, 7) is 8.58. The van der Waals surface area contributed by atoms with Crippen molar-refractivity contribution in [3.63, 3.8) is 0 Å². The maximum Gasteiger partial charge on any atom is 0.0939 e. The maximum atomic E-state index is 4.59. The molecule has 0 saturated carbocycles. The van der Waals surface area contributed by atoms with Crippen molar-refractivity contribution in [1.82, 2.24) is 9.88 Å². The van der Waals surface area contributed by atoms with E-state index >= 15 is 0 Å². The third-order valence-electron chi connectivity index (χ3n) is 4.25. The van der Waals surface area contributed by atoms with Crippen LogP contribution in [0.25, 0.3) is 21.7 Å². The molecule has 3 nitrogen and oxygen atoms in total. The minimum Gasteiger partial charge on any atom is -0.382 e. The number of benzene rings is 2. The third-order valence-corrected chi connectivity index (χ3v) is 4.25. The van der Waals surface area contributed by atoms with E-state index in [2.05, 4.69) is 65.4 Å². The van der Waals surface area contributed by atoms with Crippen LogP contribution in [0.1, 0.15) is 13.8 Å². The van der Waals surface area contributed by atoms with Crippen LogP contribution in [0.5, 0.6) is 0 Å². The largest absolute Gasteiger partial charge is 0.382 e. The van der Waals surface area contributed by atoms with Gasteiger partial charge in [-0.1, -0.05) is 44.2 Å². The first-order chi connectivity index (χ1) is 10.8. The van der Waals surface area contributed by atoms with Gasteiger partial charge < -0.3 is 10.2 Å². The molecule has 1 heterocycles. The number of rotatable bonds is 6. The van der Waals surface area contributed by atoms with Gasteiger partial charge in [0, 0.05) is 24.7 Å². The number of nitrogens with zero attached hydrogens (tertiary/aromatic N) is 2. The molecule has 1 aromatic heterocycles. The molecule has 3 aromatic rings. The third kappa shape index (κ3) is 2.90. The number of pyridine rings is 1. The monoisotopic (exact) mass is 293 g/mol. The predicted octanol–water partition coefficient (Wildman–Crippen LogP) is 4.14. The van der Waals surface area contributed by atoms with E-state index in [0.717, 1.165) is 37.4 Å². The van der Waals surface area contributed by atoms with Crippen molar-refractivity contribution >= 4 is 27.4 Å². The minimum absolute atomic E-state index is 0.936. The van der Waals surface area contributed by atoms with E-state index in [-0.39, 0.29) is 0 Å². The van der Waals surface area contributed by atoms with Crippen molar-refractivity contribution in [2.45, 2.75) is 13.8 Å². The van der Waals surface area contributed by atoms with E-state index in [1.165, 1.54) is 16.2 Å². The van der Waals surface area contributed by atoms with Gasteiger partial charge in [0.15, 0.2) is 0 Å². The van der Waals surface area contributed by atoms with E-state index in [9.17, 15) is 0 Å². The fourth-order valence-corrected chi connectivity index (χ4v) is 2.95. The molecular formula is C19H23N3. The second kappa shape index (κ2) is 6.75. The van der Waals surface area contributed by atoms with Gasteiger partial charge >= 0.3 is 0 Å². The molecule has 0 aliphatic heterocycles. The van der Waals surface area contributed by atoms with Crippen LogP contribution in [0.3, 0.4) is 0 Å². The highest BCUT2D eigenvalue weighted by Crippen LogP contribution is 2.30. The maximum absolute atomic E-state index is 4.59. The number of fused-ring (bicyclic) bond motifs is 3. The summed E-state index contributed by atoms with van der Waals surface area (Å²) in [5, 5.41) is 7.31. The fourth-order valence-electron chi connectivity index (χ4n) is 2.95. The molecule has 1 N–H and O–H groups in total. The first kappa shape index (κ1) is 14.8. The lowest BCUT2D eigenvalue weighted by Crippen LogP contribution is -2.28. The highest BCUT2D eigenvalue weighted by Gasteiger charge is 2.07. The second-order valence-electron chi connectivity index (χ2n) is 5.50. The Labute approximate surface area is 132 Å². The van der Waals surface area contributed by atoms with Crippen molar-refractivity contribution in [1.29, 1.82) is 0 Å². The molecule has 3 heteroatoms. The van der Waals surface area contributed by atoms with E-state index < -0.39 is 0 Å². The van der Waals surface area contributed by atoms with Crippen molar-refractivity contribution in [2.24, 2.45) is 0 Å². The molecule has 0 unspecified atom stereocenters. The Morgan fingerprint density at radius 1 is 1.00 bits per heavy atom. The van der Waals surface area contributed by atoms with Crippen LogP contribution in [0.2, 0.25) is 0 Å². The summed E-state index contributed by atoms with van der Waals surface area (Å²) in [4.78, 5) is 7.01. The predicted molar refractivity (Wildman–Crippen MR) is 95.5 cm³/mol. The zero-order valence-electron chi connectivity index (χ0n) is 13.3. The van der Waals surface area contributed by atoms with Crippen LogP contribution < -0.4 is 5.32 Å². The van der Waals surface area contributed by atoms with E-state index in [0.29, 0.717) is 0 Å². The Balaban J connectivity index is 1.94. The number of hydrogen-bond donors (Lipinski definition) is 1. The SMILES string of the molecule is CCN(CC)CCNc1cc2ccccc2c2cccnc12. The van der Waals surface area contributed by atoms with E-state index in [1.54, 1.807) is 0 Å². The lowest BCUT2D eigenvalue weighted by atomic mass is 10.0. The first-order valence-electron chi connectivity index (χ1n) is 8.06. The van der Waals surface area contributed by atoms with Gasteiger partial charge in [-0.15, -0.1) is 0 Å². The van der Waals surface area contributed by atoms with Gasteiger partial charge in [0.05, 0.1) is 11.2 Å². The first-order valence-corrected chi connectivity index (χ1v) is 8.06. The van der Waals surface area contributed by atoms with Crippen LogP contribution in [0, 0.1) is 0 Å². The molecule has 0 amide bonds. The molecule has 0 saturated heterocycles. The Kier molecular flexibility index (Phi) is 4.54. The van der Waals surface area contributed by atoms with E-state index in [1.807, 2.05) is 12.3 Å². The molecule has 0 atom stereocenters. The normalized spacial score (nSPS) is 11.4. The Bertz CT molecular complexity index is 763. The van der Waals surface area contributed by atoms with Gasteiger partial charge in [-0.2, -0.15) is 0 Å². The van der Waals surface area contributed by atoms with Gasteiger partial charge in [0.2, 0.25) is 0 Å². The smallest absolute Gasteiger partial charge is 0.0939 e. The van der Waals surface area contributed by atoms with Crippen LogP contribution >= 0.6 is 0 Å². The van der Waals surface area contributed by atoms with Gasteiger partial charge in [0.1, 0.15) is 0 Å². The molecule has 0 aliphatic rings. The topological polar surface area (TPSA) is 28.2 Å². The summed E-state index contributed by atoms with van der Waals surface area (Å²) in [6, 6.07) is 14.9. The average molecular weight is 293 g/mol. The fraction of sp³-hybridized carbons (Fsp3) is 0.316. The van der Waals surface area contributed by atoms with Crippen LogP contribution in [-0.4, -0.2) is 36.1 Å². The summed E-state index contributed by atoms with van der Waals surface area (Å²) in [7, 11) is 0. The number of nitrogens with one attached hydrogen (secondary N) is 1. The number of aromatic nitrogens is 1. The van der Waals surface area contributed by atoms with Crippen molar-refractivity contribution in [3.05, 3.63) is 48.7 Å². The van der Waals surface area contributed by atoms with Crippen molar-refractivity contribution < 1.29 is 0 Å². The molecule has 114 valence electrons. The highest BCUT2D eigenvalue weighted by molar-refractivity contribution is 6.11. The van der Waals surface area contributed by atoms with Crippen molar-refractivity contribution in [2.75, 3.05) is 31.5 Å². The highest BCUT2D eigenvalue weighted by atomic mass is 15.1. The Morgan fingerprint density at radius 2 is 1.77 bits per heavy atom. The van der Waals surface area contributed by atoms with Crippen molar-refractivity contribution in [3.8, 4) is 0 Å². The molecule has 0 radical (unpaired) electrons. The second-order valence-corrected chi connectivity index (χ2v) is 5.50. The van der Waals surface area contributed by atoms with Gasteiger partial charge in [0.25, 0.3) is 0 Å². The van der Waals surface area contributed by atoms with Crippen LogP contribution in [0.4, 0.5) is 5.69 Å². The molecule has 0 spiro atoms. The lowest BCUT2D eigenvalue weighted by molar-refractivity contribution is 0.316. The molecule has 0 aliphatic carbocycles. The van der Waals surface area contributed by atoms with Crippen LogP contribution in [0.15, 0.2) is 48.7 Å². The van der Waals surface area contributed by atoms with E-state index in [4.69, 9.17) is 0 Å². The minimum atomic E-state index is 0.936. The molecule has 22 heavy (non-hydrogen) atoms. The number of anilines is 1. The lowest BCUT2D eigenvalue weighted by Gasteiger charge is -2.19. The molecule has 0 bridgehead atoms. The zero-order valence-corrected chi connectivity index (χ0v) is 13.3. The number of likely N-dealkylation sites (N-methyl/N-ethyl adjacent to an activating group) is 1. The Morgan fingerprint density at radius 3 is 2.59 bits per heavy atom. The van der Waals surface area contributed by atoms with Gasteiger partial charge in [-0.05, 0) is 36.0 Å². The van der Waals surface area contributed by atoms with Gasteiger partial charge in [-0.25, -0.2) is 0 Å².